The topological polar surface area (TPSA) is 29.4 Å². The van der Waals surface area contributed by atoms with Crippen LogP contribution in [0.15, 0.2) is 17.1 Å². The van der Waals surface area contributed by atoms with E-state index >= 15 is 0 Å². The summed E-state index contributed by atoms with van der Waals surface area (Å²) in [6.07, 6.45) is 4.47. The van der Waals surface area contributed by atoms with Gasteiger partial charge >= 0.3 is 0 Å². The maximum absolute atomic E-state index is 13.4. The minimum absolute atomic E-state index is 0.286. The van der Waals surface area contributed by atoms with Gasteiger partial charge in [-0.05, 0) is 18.9 Å². The Morgan fingerprint density at radius 2 is 1.94 bits per heavy atom. The summed E-state index contributed by atoms with van der Waals surface area (Å²) in [6, 6.07) is 2.41. The molecule has 1 saturated carbocycles. The Hall–Kier alpha value is -1.25. The van der Waals surface area contributed by atoms with Crippen LogP contribution in [-0.4, -0.2) is 6.08 Å². The molecule has 0 aliphatic heterocycles. The van der Waals surface area contributed by atoms with Crippen molar-refractivity contribution in [1.82, 2.24) is 0 Å². The molecule has 0 heterocycles. The Labute approximate surface area is 102 Å². The van der Waals surface area contributed by atoms with E-state index in [1.165, 1.54) is 12.1 Å². The maximum atomic E-state index is 13.4. The molecular weight excluding hydrogens is 248 g/mol. The summed E-state index contributed by atoms with van der Waals surface area (Å²) in [5, 5.41) is -0.286. The van der Waals surface area contributed by atoms with Crippen molar-refractivity contribution >= 4 is 17.7 Å². The van der Waals surface area contributed by atoms with Crippen molar-refractivity contribution in [3.05, 3.63) is 34.4 Å². The van der Waals surface area contributed by atoms with Gasteiger partial charge in [-0.15, -0.1) is 0 Å². The number of hydrogen-bond acceptors (Lipinski definition) is 2. The highest BCUT2D eigenvalue weighted by atomic mass is 35.5. The molecule has 0 bridgehead atoms. The van der Waals surface area contributed by atoms with Gasteiger partial charge in [0.2, 0.25) is 6.08 Å². The van der Waals surface area contributed by atoms with Crippen LogP contribution < -0.4 is 0 Å². The van der Waals surface area contributed by atoms with Crippen LogP contribution in [0.5, 0.6) is 0 Å². The van der Waals surface area contributed by atoms with Gasteiger partial charge < -0.3 is 0 Å². The molecule has 1 fully saturated rings. The average molecular weight is 258 g/mol. The third-order valence-corrected chi connectivity index (χ3v) is 3.60. The lowest BCUT2D eigenvalue weighted by molar-refractivity contribution is 0.446. The van der Waals surface area contributed by atoms with Gasteiger partial charge in [-0.1, -0.05) is 30.5 Å². The lowest BCUT2D eigenvalue weighted by Gasteiger charge is -2.24. The Kier molecular flexibility index (Phi) is 3.27. The molecule has 1 aromatic rings. The zero-order valence-electron chi connectivity index (χ0n) is 8.97. The van der Waals surface area contributed by atoms with E-state index in [4.69, 9.17) is 11.6 Å². The molecule has 0 amide bonds. The monoisotopic (exact) mass is 257 g/mol. The van der Waals surface area contributed by atoms with Gasteiger partial charge in [0.1, 0.15) is 0 Å². The Bertz CT molecular complexity index is 492. The largest absolute Gasteiger partial charge is 0.235 e. The van der Waals surface area contributed by atoms with Crippen molar-refractivity contribution < 1.29 is 13.6 Å². The van der Waals surface area contributed by atoms with Crippen LogP contribution in [0.4, 0.5) is 8.78 Å². The molecule has 1 aliphatic rings. The second-order valence-electron chi connectivity index (χ2n) is 4.16. The van der Waals surface area contributed by atoms with Crippen molar-refractivity contribution in [3.8, 4) is 0 Å². The van der Waals surface area contributed by atoms with Gasteiger partial charge in [-0.2, -0.15) is 4.99 Å². The molecule has 90 valence electrons. The second-order valence-corrected chi connectivity index (χ2v) is 4.54. The molecule has 0 N–H and O–H groups in total. The van der Waals surface area contributed by atoms with Crippen LogP contribution in [0, 0.1) is 11.6 Å². The summed E-state index contributed by atoms with van der Waals surface area (Å²) in [4.78, 5) is 14.3. The number of isocyanates is 1. The number of benzene rings is 1. The molecule has 2 rings (SSSR count). The van der Waals surface area contributed by atoms with Crippen molar-refractivity contribution in [3.63, 3.8) is 0 Å². The lowest BCUT2D eigenvalue weighted by Crippen LogP contribution is -2.20. The standard InChI is InChI=1S/C12H10ClF2NO/c13-10-8(3-4-9(14)11(10)15)12(16-7-17)5-1-2-6-12/h3-4H,1-2,5-6H2. The third-order valence-electron chi connectivity index (χ3n) is 3.23. The van der Waals surface area contributed by atoms with Gasteiger partial charge in [0.05, 0.1) is 10.6 Å². The first-order valence-electron chi connectivity index (χ1n) is 5.34. The first-order valence-corrected chi connectivity index (χ1v) is 5.71. The van der Waals surface area contributed by atoms with Crippen molar-refractivity contribution in [2.45, 2.75) is 31.2 Å². The lowest BCUT2D eigenvalue weighted by atomic mass is 9.89. The van der Waals surface area contributed by atoms with Crippen molar-refractivity contribution in [2.75, 3.05) is 0 Å². The predicted molar refractivity (Wildman–Crippen MR) is 59.6 cm³/mol. The van der Waals surface area contributed by atoms with E-state index in [1.54, 1.807) is 0 Å². The molecule has 0 saturated heterocycles. The summed E-state index contributed by atoms with van der Waals surface area (Å²) in [7, 11) is 0. The van der Waals surface area contributed by atoms with Crippen LogP contribution in [-0.2, 0) is 10.3 Å². The molecular formula is C12H10ClF2NO. The number of aliphatic imine (C=N–C) groups is 1. The zero-order valence-corrected chi connectivity index (χ0v) is 9.73. The SMILES string of the molecule is O=C=NC1(c2ccc(F)c(F)c2Cl)CCCC1. The van der Waals surface area contributed by atoms with Crippen LogP contribution in [0.1, 0.15) is 31.2 Å². The molecule has 0 unspecified atom stereocenters. The predicted octanol–water partition coefficient (Wildman–Crippen LogP) is 3.72. The van der Waals surface area contributed by atoms with Gasteiger partial charge in [-0.3, -0.25) is 0 Å². The van der Waals surface area contributed by atoms with E-state index in [1.807, 2.05) is 0 Å². The number of rotatable bonds is 2. The fraction of sp³-hybridized carbons (Fsp3) is 0.417. The van der Waals surface area contributed by atoms with E-state index in [9.17, 15) is 13.6 Å². The average Bonchev–Trinajstić information content (AvgIpc) is 2.76. The highest BCUT2D eigenvalue weighted by Gasteiger charge is 2.38. The smallest absolute Gasteiger partial charge is 0.211 e. The number of hydrogen-bond donors (Lipinski definition) is 0. The molecule has 17 heavy (non-hydrogen) atoms. The molecule has 5 heteroatoms. The van der Waals surface area contributed by atoms with E-state index < -0.39 is 17.2 Å². The number of carbonyl (C=O) groups excluding carboxylic acids is 1. The molecule has 0 atom stereocenters. The number of nitrogens with zero attached hydrogens (tertiary/aromatic N) is 1. The van der Waals surface area contributed by atoms with Gasteiger partial charge in [0.15, 0.2) is 11.6 Å². The zero-order chi connectivity index (χ0) is 12.5. The normalized spacial score (nSPS) is 17.8. The fourth-order valence-corrected chi connectivity index (χ4v) is 2.70. The number of halogens is 3. The minimum Gasteiger partial charge on any atom is -0.211 e. The molecule has 1 aromatic carbocycles. The quantitative estimate of drug-likeness (QED) is 0.451. The highest BCUT2D eigenvalue weighted by Crippen LogP contribution is 2.45. The van der Waals surface area contributed by atoms with Gasteiger partial charge in [0, 0.05) is 5.56 Å². The van der Waals surface area contributed by atoms with E-state index in [0.29, 0.717) is 18.4 Å². The molecule has 1 aliphatic carbocycles. The Morgan fingerprint density at radius 3 is 2.53 bits per heavy atom. The Balaban J connectivity index is 2.58. The molecule has 2 nitrogen and oxygen atoms in total. The van der Waals surface area contributed by atoms with Crippen LogP contribution in [0.3, 0.4) is 0 Å². The van der Waals surface area contributed by atoms with Gasteiger partial charge in [0.25, 0.3) is 0 Å². The summed E-state index contributed by atoms with van der Waals surface area (Å²) in [6.45, 7) is 0. The summed E-state index contributed by atoms with van der Waals surface area (Å²) >= 11 is 5.80. The van der Waals surface area contributed by atoms with Crippen LogP contribution in [0.25, 0.3) is 0 Å². The van der Waals surface area contributed by atoms with Crippen LogP contribution >= 0.6 is 11.6 Å². The van der Waals surface area contributed by atoms with E-state index in [2.05, 4.69) is 4.99 Å². The summed E-state index contributed by atoms with van der Waals surface area (Å²) in [5.74, 6) is -2.08. The summed E-state index contributed by atoms with van der Waals surface area (Å²) < 4.78 is 26.4. The fourth-order valence-electron chi connectivity index (χ4n) is 2.37. The third kappa shape index (κ3) is 1.99. The second kappa shape index (κ2) is 4.55. The molecule has 0 aromatic heterocycles. The van der Waals surface area contributed by atoms with Crippen molar-refractivity contribution in [1.29, 1.82) is 0 Å². The highest BCUT2D eigenvalue weighted by molar-refractivity contribution is 6.31. The van der Waals surface area contributed by atoms with Crippen molar-refractivity contribution in [2.24, 2.45) is 4.99 Å². The summed E-state index contributed by atoms with van der Waals surface area (Å²) in [5.41, 5.74) is -0.452. The minimum atomic E-state index is -1.09. The van der Waals surface area contributed by atoms with E-state index in [0.717, 1.165) is 18.9 Å². The van der Waals surface area contributed by atoms with Gasteiger partial charge in [-0.25, -0.2) is 13.6 Å². The maximum Gasteiger partial charge on any atom is 0.235 e. The molecule has 0 spiro atoms. The molecule has 0 radical (unpaired) electrons. The Morgan fingerprint density at radius 1 is 1.29 bits per heavy atom. The first kappa shape index (κ1) is 12.2. The van der Waals surface area contributed by atoms with E-state index in [-0.39, 0.29) is 5.02 Å². The first-order chi connectivity index (χ1) is 8.10. The van der Waals surface area contributed by atoms with Crippen LogP contribution in [0.2, 0.25) is 5.02 Å².